The van der Waals surface area contributed by atoms with E-state index < -0.39 is 0 Å². The molecule has 0 aliphatic rings. The first kappa shape index (κ1) is 11.6. The molecule has 0 aliphatic heterocycles. The second kappa shape index (κ2) is 6.06. The van der Waals surface area contributed by atoms with E-state index in [1.165, 1.54) is 0 Å². The highest BCUT2D eigenvalue weighted by molar-refractivity contribution is 6.28. The van der Waals surface area contributed by atoms with Crippen molar-refractivity contribution in [1.82, 2.24) is 5.32 Å². The number of furan rings is 1. The quantitative estimate of drug-likeness (QED) is 0.796. The van der Waals surface area contributed by atoms with Crippen molar-refractivity contribution in [2.45, 2.75) is 19.4 Å². The molecule has 0 amide bonds. The van der Waals surface area contributed by atoms with E-state index in [4.69, 9.17) is 20.8 Å². The molecule has 0 aromatic carbocycles. The molecule has 80 valence electrons. The summed E-state index contributed by atoms with van der Waals surface area (Å²) in [5.41, 5.74) is 0. The van der Waals surface area contributed by atoms with Gasteiger partial charge in [-0.05, 0) is 36.7 Å². The predicted molar refractivity (Wildman–Crippen MR) is 56.6 cm³/mol. The van der Waals surface area contributed by atoms with Gasteiger partial charge in [0.15, 0.2) is 5.22 Å². The van der Waals surface area contributed by atoms with Crippen LogP contribution in [0, 0.1) is 0 Å². The average molecular weight is 218 g/mol. The van der Waals surface area contributed by atoms with Gasteiger partial charge in [-0.2, -0.15) is 0 Å². The van der Waals surface area contributed by atoms with Crippen LogP contribution in [-0.4, -0.2) is 20.3 Å². The standard InChI is InChI=1S/C10H16ClNO2/c1-3-6-12-8(7-13-2)9-4-5-10(11)14-9/h4-5,8,12H,3,6-7H2,1-2H3. The van der Waals surface area contributed by atoms with Gasteiger partial charge in [0.1, 0.15) is 5.76 Å². The van der Waals surface area contributed by atoms with Gasteiger partial charge in [0.25, 0.3) is 0 Å². The number of methoxy groups -OCH3 is 1. The lowest BCUT2D eigenvalue weighted by atomic mass is 10.2. The Kier molecular flexibility index (Phi) is 5.01. The first-order valence-electron chi connectivity index (χ1n) is 4.75. The SMILES string of the molecule is CCCNC(COC)c1ccc(Cl)o1. The van der Waals surface area contributed by atoms with Crippen LogP contribution in [0.15, 0.2) is 16.5 Å². The minimum absolute atomic E-state index is 0.0902. The molecule has 0 spiro atoms. The fourth-order valence-electron chi connectivity index (χ4n) is 1.24. The zero-order chi connectivity index (χ0) is 10.4. The van der Waals surface area contributed by atoms with Gasteiger partial charge in [0.2, 0.25) is 0 Å². The molecule has 0 fully saturated rings. The third-order valence-corrected chi connectivity index (χ3v) is 2.11. The number of hydrogen-bond acceptors (Lipinski definition) is 3. The Morgan fingerprint density at radius 3 is 2.86 bits per heavy atom. The van der Waals surface area contributed by atoms with Gasteiger partial charge in [0.05, 0.1) is 12.6 Å². The molecule has 0 radical (unpaired) electrons. The van der Waals surface area contributed by atoms with E-state index in [0.717, 1.165) is 18.7 Å². The number of hydrogen-bond donors (Lipinski definition) is 1. The lowest BCUT2D eigenvalue weighted by molar-refractivity contribution is 0.157. The Labute approximate surface area is 89.4 Å². The third kappa shape index (κ3) is 3.33. The van der Waals surface area contributed by atoms with Gasteiger partial charge < -0.3 is 14.5 Å². The Morgan fingerprint density at radius 1 is 1.57 bits per heavy atom. The second-order valence-electron chi connectivity index (χ2n) is 3.10. The van der Waals surface area contributed by atoms with Crippen molar-refractivity contribution in [2.24, 2.45) is 0 Å². The summed E-state index contributed by atoms with van der Waals surface area (Å²) in [6.07, 6.45) is 1.08. The van der Waals surface area contributed by atoms with Crippen molar-refractivity contribution in [2.75, 3.05) is 20.3 Å². The highest BCUT2D eigenvalue weighted by atomic mass is 35.5. The normalized spacial score (nSPS) is 13.1. The minimum atomic E-state index is 0.0902. The van der Waals surface area contributed by atoms with Crippen LogP contribution in [0.3, 0.4) is 0 Å². The molecule has 4 heteroatoms. The fourth-order valence-corrected chi connectivity index (χ4v) is 1.39. The maximum absolute atomic E-state index is 5.70. The molecule has 0 bridgehead atoms. The zero-order valence-corrected chi connectivity index (χ0v) is 9.30. The summed E-state index contributed by atoms with van der Waals surface area (Å²) in [6.45, 7) is 3.64. The van der Waals surface area contributed by atoms with Crippen LogP contribution in [0.5, 0.6) is 0 Å². The molecule has 1 N–H and O–H groups in total. The van der Waals surface area contributed by atoms with Crippen LogP contribution in [0.1, 0.15) is 25.1 Å². The largest absolute Gasteiger partial charge is 0.448 e. The monoisotopic (exact) mass is 217 g/mol. The molecule has 1 aromatic heterocycles. The van der Waals surface area contributed by atoms with Crippen LogP contribution >= 0.6 is 11.6 Å². The number of nitrogens with one attached hydrogen (secondary N) is 1. The van der Waals surface area contributed by atoms with Gasteiger partial charge in [-0.3, -0.25) is 0 Å². The van der Waals surface area contributed by atoms with Crippen molar-refractivity contribution in [3.63, 3.8) is 0 Å². The van der Waals surface area contributed by atoms with E-state index in [-0.39, 0.29) is 6.04 Å². The summed E-state index contributed by atoms with van der Waals surface area (Å²) in [4.78, 5) is 0. The van der Waals surface area contributed by atoms with Gasteiger partial charge in [0, 0.05) is 7.11 Å². The van der Waals surface area contributed by atoms with Crippen LogP contribution in [0.2, 0.25) is 5.22 Å². The Balaban J connectivity index is 2.57. The molecule has 3 nitrogen and oxygen atoms in total. The predicted octanol–water partition coefficient (Wildman–Crippen LogP) is 2.62. The average Bonchev–Trinajstić information content (AvgIpc) is 2.59. The molecule has 0 saturated heterocycles. The summed E-state index contributed by atoms with van der Waals surface area (Å²) in [5.74, 6) is 0.824. The maximum atomic E-state index is 5.70. The highest BCUT2D eigenvalue weighted by Crippen LogP contribution is 2.20. The van der Waals surface area contributed by atoms with Gasteiger partial charge in [-0.1, -0.05) is 6.92 Å². The summed E-state index contributed by atoms with van der Waals surface area (Å²) in [5, 5.41) is 3.74. The summed E-state index contributed by atoms with van der Waals surface area (Å²) in [6, 6.07) is 3.70. The highest BCUT2D eigenvalue weighted by Gasteiger charge is 2.13. The summed E-state index contributed by atoms with van der Waals surface area (Å²) in [7, 11) is 1.67. The number of ether oxygens (including phenoxy) is 1. The summed E-state index contributed by atoms with van der Waals surface area (Å²) < 4.78 is 10.4. The number of rotatable bonds is 6. The molecule has 14 heavy (non-hydrogen) atoms. The van der Waals surface area contributed by atoms with Crippen LogP contribution in [0.4, 0.5) is 0 Å². The third-order valence-electron chi connectivity index (χ3n) is 1.91. The van der Waals surface area contributed by atoms with Gasteiger partial charge in [-0.25, -0.2) is 0 Å². The lowest BCUT2D eigenvalue weighted by Gasteiger charge is -2.14. The van der Waals surface area contributed by atoms with Crippen molar-refractivity contribution < 1.29 is 9.15 Å². The van der Waals surface area contributed by atoms with E-state index in [1.807, 2.05) is 6.07 Å². The maximum Gasteiger partial charge on any atom is 0.193 e. The molecular formula is C10H16ClNO2. The van der Waals surface area contributed by atoms with Gasteiger partial charge in [-0.15, -0.1) is 0 Å². The van der Waals surface area contributed by atoms with E-state index in [9.17, 15) is 0 Å². The van der Waals surface area contributed by atoms with E-state index in [2.05, 4.69) is 12.2 Å². The summed E-state index contributed by atoms with van der Waals surface area (Å²) >= 11 is 5.70. The van der Waals surface area contributed by atoms with Crippen molar-refractivity contribution in [3.8, 4) is 0 Å². The van der Waals surface area contributed by atoms with Crippen molar-refractivity contribution >= 4 is 11.6 Å². The molecule has 1 rings (SSSR count). The first-order chi connectivity index (χ1) is 6.77. The molecule has 1 heterocycles. The molecule has 1 aromatic rings. The van der Waals surface area contributed by atoms with E-state index in [0.29, 0.717) is 11.8 Å². The van der Waals surface area contributed by atoms with Crippen molar-refractivity contribution in [3.05, 3.63) is 23.1 Å². The van der Waals surface area contributed by atoms with Crippen molar-refractivity contribution in [1.29, 1.82) is 0 Å². The molecule has 1 unspecified atom stereocenters. The van der Waals surface area contributed by atoms with E-state index in [1.54, 1.807) is 13.2 Å². The van der Waals surface area contributed by atoms with Crippen LogP contribution in [-0.2, 0) is 4.74 Å². The molecular weight excluding hydrogens is 202 g/mol. The molecule has 0 aliphatic carbocycles. The Morgan fingerprint density at radius 2 is 2.36 bits per heavy atom. The Bertz CT molecular complexity index is 262. The van der Waals surface area contributed by atoms with Crippen LogP contribution < -0.4 is 5.32 Å². The second-order valence-corrected chi connectivity index (χ2v) is 3.48. The topological polar surface area (TPSA) is 34.4 Å². The first-order valence-corrected chi connectivity index (χ1v) is 5.13. The fraction of sp³-hybridized carbons (Fsp3) is 0.600. The minimum Gasteiger partial charge on any atom is -0.448 e. The van der Waals surface area contributed by atoms with Gasteiger partial charge >= 0.3 is 0 Å². The van der Waals surface area contributed by atoms with Crippen LogP contribution in [0.25, 0.3) is 0 Å². The zero-order valence-electron chi connectivity index (χ0n) is 8.55. The Hall–Kier alpha value is -0.510. The van der Waals surface area contributed by atoms with E-state index >= 15 is 0 Å². The smallest absolute Gasteiger partial charge is 0.193 e. The lowest BCUT2D eigenvalue weighted by Crippen LogP contribution is -2.25. The number of halogens is 1. The molecule has 0 saturated carbocycles. The molecule has 1 atom stereocenters.